The summed E-state index contributed by atoms with van der Waals surface area (Å²) in [6.07, 6.45) is 2.42. The van der Waals surface area contributed by atoms with Gasteiger partial charge >= 0.3 is 5.91 Å². The van der Waals surface area contributed by atoms with Gasteiger partial charge < -0.3 is 4.98 Å². The van der Waals surface area contributed by atoms with Crippen molar-refractivity contribution in [2.45, 2.75) is 25.7 Å². The van der Waals surface area contributed by atoms with Gasteiger partial charge in [-0.15, -0.1) is 0 Å². The fourth-order valence-electron chi connectivity index (χ4n) is 1.53. The van der Waals surface area contributed by atoms with Crippen LogP contribution in [0.4, 0.5) is 0 Å². The van der Waals surface area contributed by atoms with Crippen molar-refractivity contribution < 1.29 is 10.5 Å². The molecule has 0 unspecified atom stereocenters. The van der Waals surface area contributed by atoms with Crippen molar-refractivity contribution in [2.75, 3.05) is 0 Å². The highest BCUT2D eigenvalue weighted by atomic mass is 16.1. The minimum Gasteiger partial charge on any atom is -0.361 e. The van der Waals surface area contributed by atoms with E-state index in [1.165, 1.54) is 12.8 Å². The van der Waals surface area contributed by atoms with Crippen LogP contribution in [0.25, 0.3) is 0 Å². The average Bonchev–Trinajstić information content (AvgIpc) is 2.75. The quantitative estimate of drug-likeness (QED) is 0.661. The number of amides is 1. The largest absolute Gasteiger partial charge is 0.361 e. The number of rotatable bonds is 2. The van der Waals surface area contributed by atoms with Crippen LogP contribution < -0.4 is 5.73 Å². The summed E-state index contributed by atoms with van der Waals surface area (Å²) < 4.78 is 0. The summed E-state index contributed by atoms with van der Waals surface area (Å²) in [5.74, 6) is 0.528. The van der Waals surface area contributed by atoms with Crippen molar-refractivity contribution in [3.8, 4) is 0 Å². The third-order valence-corrected chi connectivity index (χ3v) is 2.27. The topological polar surface area (TPSA) is 60.5 Å². The van der Waals surface area contributed by atoms with Gasteiger partial charge in [0, 0.05) is 17.3 Å². The molecule has 12 heavy (non-hydrogen) atoms. The van der Waals surface area contributed by atoms with E-state index in [1.807, 2.05) is 13.0 Å². The van der Waals surface area contributed by atoms with Gasteiger partial charge in [0.15, 0.2) is 0 Å². The molecule has 0 bridgehead atoms. The molecule has 1 saturated carbocycles. The molecule has 0 aromatic carbocycles. The summed E-state index contributed by atoms with van der Waals surface area (Å²) in [6, 6.07) is 1.89. The summed E-state index contributed by atoms with van der Waals surface area (Å²) in [6.45, 7) is 1.97. The molecule has 1 aromatic rings. The number of carbonyl (C=O) groups excluding carboxylic acids is 1. The molecule has 64 valence electrons. The predicted molar refractivity (Wildman–Crippen MR) is 44.7 cm³/mol. The first-order valence-electron chi connectivity index (χ1n) is 4.24. The zero-order valence-electron chi connectivity index (χ0n) is 7.18. The van der Waals surface area contributed by atoms with Gasteiger partial charge in [-0.25, -0.2) is 4.79 Å². The molecule has 1 aliphatic rings. The lowest BCUT2D eigenvalue weighted by molar-refractivity contribution is -0.255. The third-order valence-electron chi connectivity index (χ3n) is 2.27. The molecule has 3 nitrogen and oxygen atoms in total. The summed E-state index contributed by atoms with van der Waals surface area (Å²) in [5.41, 5.74) is 6.38. The molecule has 1 amide bonds. The zero-order valence-corrected chi connectivity index (χ0v) is 7.18. The number of aromatic amines is 1. The van der Waals surface area contributed by atoms with Crippen LogP contribution in [0, 0.1) is 6.92 Å². The standard InChI is InChI=1S/C9H12N2O/c1-5-4-7(9(10)12)8(11-5)6-2-3-6/h4,6,11H,2-3H2,1H3,(H2,10,12)/p+1. The van der Waals surface area contributed by atoms with Crippen molar-refractivity contribution in [3.63, 3.8) is 0 Å². The van der Waals surface area contributed by atoms with Gasteiger partial charge in [-0.3, -0.25) is 5.73 Å². The van der Waals surface area contributed by atoms with Crippen LogP contribution in [0.2, 0.25) is 0 Å². The third kappa shape index (κ3) is 1.16. The van der Waals surface area contributed by atoms with Crippen molar-refractivity contribution in [3.05, 3.63) is 23.0 Å². The highest BCUT2D eigenvalue weighted by Gasteiger charge is 2.30. The van der Waals surface area contributed by atoms with E-state index in [0.717, 1.165) is 17.0 Å². The molecule has 1 aliphatic carbocycles. The molecule has 1 heterocycles. The van der Waals surface area contributed by atoms with Gasteiger partial charge in [0.05, 0.1) is 5.56 Å². The number of aromatic nitrogens is 1. The van der Waals surface area contributed by atoms with Crippen LogP contribution >= 0.6 is 0 Å². The maximum absolute atomic E-state index is 11.1. The lowest BCUT2D eigenvalue weighted by Crippen LogP contribution is -2.56. The second kappa shape index (κ2) is 2.45. The Morgan fingerprint density at radius 3 is 2.83 bits per heavy atom. The Kier molecular flexibility index (Phi) is 1.54. The minimum absolute atomic E-state index is 0.0683. The van der Waals surface area contributed by atoms with Crippen LogP contribution in [-0.2, 0) is 0 Å². The zero-order chi connectivity index (χ0) is 8.72. The van der Waals surface area contributed by atoms with E-state index >= 15 is 0 Å². The SMILES string of the molecule is Cc1cc(C([NH3+])=O)c(C2CC2)[nH]1. The van der Waals surface area contributed by atoms with Crippen LogP contribution in [0.3, 0.4) is 0 Å². The number of aryl methyl sites for hydroxylation is 1. The van der Waals surface area contributed by atoms with Gasteiger partial charge in [-0.2, -0.15) is 0 Å². The second-order valence-electron chi connectivity index (χ2n) is 3.48. The molecule has 0 saturated heterocycles. The number of quaternary nitrogens is 1. The lowest BCUT2D eigenvalue weighted by atomic mass is 10.1. The summed E-state index contributed by atoms with van der Waals surface area (Å²) in [7, 11) is 0. The smallest absolute Gasteiger partial charge is 0.342 e. The Bertz CT molecular complexity index is 323. The Morgan fingerprint density at radius 2 is 2.33 bits per heavy atom. The first kappa shape index (κ1) is 7.55. The van der Waals surface area contributed by atoms with Gasteiger partial charge in [-0.1, -0.05) is 0 Å². The van der Waals surface area contributed by atoms with Crippen LogP contribution in [0.1, 0.15) is 40.5 Å². The summed E-state index contributed by atoms with van der Waals surface area (Å²) in [4.78, 5) is 14.3. The van der Waals surface area contributed by atoms with E-state index in [1.54, 1.807) is 0 Å². The Balaban J connectivity index is 2.43. The molecule has 1 fully saturated rings. The van der Waals surface area contributed by atoms with E-state index in [4.69, 9.17) is 0 Å². The first-order chi connectivity index (χ1) is 5.68. The summed E-state index contributed by atoms with van der Waals surface area (Å²) in [5, 5.41) is 0. The number of H-pyrrole nitrogens is 1. The maximum atomic E-state index is 11.1. The summed E-state index contributed by atoms with van der Waals surface area (Å²) >= 11 is 0. The number of carbonyl (C=O) groups is 1. The second-order valence-corrected chi connectivity index (χ2v) is 3.48. The average molecular weight is 165 g/mol. The number of nitrogens with one attached hydrogen (secondary N) is 1. The van der Waals surface area contributed by atoms with Crippen LogP contribution in [0.15, 0.2) is 6.07 Å². The molecule has 0 atom stereocenters. The van der Waals surface area contributed by atoms with Crippen molar-refractivity contribution >= 4 is 5.91 Å². The fourth-order valence-corrected chi connectivity index (χ4v) is 1.53. The molecular formula is C9H13N2O+. The van der Waals surface area contributed by atoms with Gasteiger partial charge in [0.25, 0.3) is 0 Å². The number of hydrogen-bond donors (Lipinski definition) is 2. The van der Waals surface area contributed by atoms with Gasteiger partial charge in [0.2, 0.25) is 0 Å². The molecule has 0 spiro atoms. The first-order valence-corrected chi connectivity index (χ1v) is 4.24. The van der Waals surface area contributed by atoms with E-state index in [2.05, 4.69) is 10.7 Å². The maximum Gasteiger partial charge on any atom is 0.342 e. The van der Waals surface area contributed by atoms with E-state index in [9.17, 15) is 4.79 Å². The molecule has 0 aliphatic heterocycles. The van der Waals surface area contributed by atoms with E-state index < -0.39 is 0 Å². The van der Waals surface area contributed by atoms with E-state index in [0.29, 0.717) is 5.92 Å². The Morgan fingerprint density at radius 1 is 1.67 bits per heavy atom. The molecule has 4 N–H and O–H groups in total. The van der Waals surface area contributed by atoms with Crippen molar-refractivity contribution in [1.82, 2.24) is 4.98 Å². The molecular weight excluding hydrogens is 152 g/mol. The van der Waals surface area contributed by atoms with Gasteiger partial charge in [0.1, 0.15) is 0 Å². The molecule has 3 heteroatoms. The molecule has 2 rings (SSSR count). The van der Waals surface area contributed by atoms with Crippen molar-refractivity contribution in [2.24, 2.45) is 0 Å². The van der Waals surface area contributed by atoms with Crippen LogP contribution in [0.5, 0.6) is 0 Å². The monoisotopic (exact) mass is 165 g/mol. The van der Waals surface area contributed by atoms with Crippen LogP contribution in [-0.4, -0.2) is 10.9 Å². The fraction of sp³-hybridized carbons (Fsp3) is 0.444. The van der Waals surface area contributed by atoms with Gasteiger partial charge in [-0.05, 0) is 25.8 Å². The highest BCUT2D eigenvalue weighted by Crippen LogP contribution is 2.40. The lowest BCUT2D eigenvalue weighted by Gasteiger charge is -1.93. The van der Waals surface area contributed by atoms with E-state index in [-0.39, 0.29) is 5.91 Å². The predicted octanol–water partition coefficient (Wildman–Crippen LogP) is 0.583. The minimum atomic E-state index is -0.0683. The molecule has 1 aromatic heterocycles. The highest BCUT2D eigenvalue weighted by molar-refractivity contribution is 5.88. The Labute approximate surface area is 71.0 Å². The molecule has 0 radical (unpaired) electrons. The number of hydrogen-bond acceptors (Lipinski definition) is 1. The van der Waals surface area contributed by atoms with Crippen molar-refractivity contribution in [1.29, 1.82) is 0 Å². The Hall–Kier alpha value is -1.09. The normalized spacial score (nSPS) is 16.5.